The smallest absolute Gasteiger partial charge is 0.242 e. The summed E-state index contributed by atoms with van der Waals surface area (Å²) < 4.78 is 0. The van der Waals surface area contributed by atoms with Gasteiger partial charge in [-0.15, -0.1) is 35.3 Å². The first-order valence-corrected chi connectivity index (χ1v) is 10.9. The van der Waals surface area contributed by atoms with Crippen LogP contribution in [0.25, 0.3) is 0 Å². The molecule has 1 fully saturated rings. The summed E-state index contributed by atoms with van der Waals surface area (Å²) in [5.74, 6) is 2.78. The van der Waals surface area contributed by atoms with Crippen LogP contribution >= 0.6 is 47.1 Å². The van der Waals surface area contributed by atoms with Crippen LogP contribution in [0, 0.1) is 5.92 Å². The minimum absolute atomic E-state index is 0. The van der Waals surface area contributed by atoms with Gasteiger partial charge in [0.25, 0.3) is 0 Å². The zero-order valence-electron chi connectivity index (χ0n) is 15.7. The van der Waals surface area contributed by atoms with Crippen LogP contribution < -0.4 is 5.32 Å². The van der Waals surface area contributed by atoms with Crippen LogP contribution in [-0.2, 0) is 17.8 Å². The Balaban J connectivity index is 0.00000243. The fourth-order valence-corrected chi connectivity index (χ4v) is 5.52. The number of rotatable bonds is 3. The van der Waals surface area contributed by atoms with Gasteiger partial charge in [0.1, 0.15) is 0 Å². The quantitative estimate of drug-likeness (QED) is 0.388. The number of carbonyl (C=O) groups is 1. The Kier molecular flexibility index (Phi) is 8.53. The zero-order chi connectivity index (χ0) is 17.8. The second-order valence-electron chi connectivity index (χ2n) is 6.93. The lowest BCUT2D eigenvalue weighted by Gasteiger charge is -2.36. The molecule has 2 aliphatic rings. The van der Waals surface area contributed by atoms with Crippen LogP contribution in [0.5, 0.6) is 0 Å². The second-order valence-corrected chi connectivity index (χ2v) is 9.28. The number of fused-ring (bicyclic) bond motifs is 1. The molecule has 1 N–H and O–H groups in total. The van der Waals surface area contributed by atoms with E-state index in [2.05, 4.69) is 40.5 Å². The minimum Gasteiger partial charge on any atom is -0.347 e. The molecule has 5 nitrogen and oxygen atoms in total. The van der Waals surface area contributed by atoms with E-state index >= 15 is 0 Å². The first kappa shape index (κ1) is 21.8. The van der Waals surface area contributed by atoms with Crippen molar-refractivity contribution < 1.29 is 4.79 Å². The normalized spacial score (nSPS) is 20.6. The largest absolute Gasteiger partial charge is 0.347 e. The molecule has 8 heteroatoms. The summed E-state index contributed by atoms with van der Waals surface area (Å²) in [4.78, 5) is 22.7. The van der Waals surface area contributed by atoms with Gasteiger partial charge in [-0.3, -0.25) is 9.79 Å². The Bertz CT molecular complexity index is 634. The highest BCUT2D eigenvalue weighted by molar-refractivity contribution is 14.0. The predicted octanol–water partition coefficient (Wildman–Crippen LogP) is 2.90. The molecule has 0 aliphatic carbocycles. The molecule has 1 amide bonds. The van der Waals surface area contributed by atoms with Crippen molar-refractivity contribution >= 4 is 58.9 Å². The number of hydrogen-bond acceptors (Lipinski definition) is 4. The molecule has 1 aromatic rings. The summed E-state index contributed by atoms with van der Waals surface area (Å²) in [5.41, 5.74) is 1.31. The topological polar surface area (TPSA) is 47.9 Å². The van der Waals surface area contributed by atoms with Gasteiger partial charge in [0.05, 0.1) is 6.54 Å². The molecule has 3 rings (SSSR count). The van der Waals surface area contributed by atoms with E-state index in [9.17, 15) is 4.79 Å². The fourth-order valence-electron chi connectivity index (χ4n) is 3.33. The third kappa shape index (κ3) is 5.28. The lowest BCUT2D eigenvalue weighted by atomic mass is 10.1. The Hall–Kier alpha value is -0.480. The van der Waals surface area contributed by atoms with Crippen LogP contribution in [0.15, 0.2) is 16.4 Å². The van der Waals surface area contributed by atoms with Crippen molar-refractivity contribution in [3.05, 3.63) is 21.9 Å². The van der Waals surface area contributed by atoms with E-state index in [1.54, 1.807) is 18.4 Å². The van der Waals surface area contributed by atoms with Crippen molar-refractivity contribution in [2.75, 3.05) is 39.0 Å². The lowest BCUT2D eigenvalue weighted by Crippen LogP contribution is -2.51. The number of nitrogens with one attached hydrogen (secondary N) is 1. The van der Waals surface area contributed by atoms with E-state index in [0.717, 1.165) is 44.3 Å². The number of nitrogens with zero attached hydrogens (tertiary/aromatic N) is 3. The van der Waals surface area contributed by atoms with Gasteiger partial charge in [0, 0.05) is 49.1 Å². The van der Waals surface area contributed by atoms with Gasteiger partial charge < -0.3 is 15.1 Å². The number of guanidine groups is 1. The van der Waals surface area contributed by atoms with Crippen molar-refractivity contribution in [3.8, 4) is 0 Å². The van der Waals surface area contributed by atoms with Gasteiger partial charge in [0.2, 0.25) is 5.91 Å². The average Bonchev–Trinajstić information content (AvgIpc) is 3.10. The Morgan fingerprint density at radius 2 is 2.19 bits per heavy atom. The molecule has 0 saturated carbocycles. The molecule has 0 spiro atoms. The van der Waals surface area contributed by atoms with Crippen molar-refractivity contribution in [3.63, 3.8) is 0 Å². The van der Waals surface area contributed by atoms with Gasteiger partial charge in [-0.2, -0.15) is 11.8 Å². The van der Waals surface area contributed by atoms with Crippen molar-refractivity contribution in [1.82, 2.24) is 15.1 Å². The maximum atomic E-state index is 12.6. The summed E-state index contributed by atoms with van der Waals surface area (Å²) in [6.45, 7) is 8.42. The second kappa shape index (κ2) is 10.2. The molecule has 0 aromatic carbocycles. The van der Waals surface area contributed by atoms with Crippen LogP contribution in [0.4, 0.5) is 0 Å². The molecule has 1 saturated heterocycles. The highest BCUT2D eigenvalue weighted by atomic mass is 127. The molecule has 3 heterocycles. The zero-order valence-corrected chi connectivity index (χ0v) is 19.7. The molecule has 0 bridgehead atoms. The molecule has 146 valence electrons. The number of aliphatic imine (C=N–C) groups is 1. The maximum Gasteiger partial charge on any atom is 0.242 e. The van der Waals surface area contributed by atoms with Crippen LogP contribution in [0.3, 0.4) is 0 Å². The van der Waals surface area contributed by atoms with Gasteiger partial charge in [-0.05, 0) is 29.3 Å². The summed E-state index contributed by atoms with van der Waals surface area (Å²) in [7, 11) is 1.80. The number of halogens is 1. The summed E-state index contributed by atoms with van der Waals surface area (Å²) in [6, 6.07) is 2.14. The Labute approximate surface area is 182 Å². The van der Waals surface area contributed by atoms with Gasteiger partial charge in [0.15, 0.2) is 5.96 Å². The summed E-state index contributed by atoms with van der Waals surface area (Å²) >= 11 is 3.85. The molecular weight excluding hydrogens is 479 g/mol. The maximum absolute atomic E-state index is 12.6. The number of hydrogen-bond donors (Lipinski definition) is 1. The molecule has 1 unspecified atom stereocenters. The number of carbonyl (C=O) groups excluding carboxylic acids is 1. The summed E-state index contributed by atoms with van der Waals surface area (Å²) in [6.07, 6.45) is 0.979. The van der Waals surface area contributed by atoms with E-state index in [0.29, 0.717) is 17.7 Å². The third-order valence-electron chi connectivity index (χ3n) is 4.91. The van der Waals surface area contributed by atoms with Gasteiger partial charge in [-0.25, -0.2) is 0 Å². The standard InChI is InChI=1S/C18H28N4OS2.HI/c1-13(2)16-12-22(7-9-25-16)18(19-3)20-10-17(23)21-6-4-15-14(11-21)5-8-24-15;/h5,8,13,16H,4,6-7,9-12H2,1-3H3,(H,19,20);1H. The van der Waals surface area contributed by atoms with E-state index in [1.165, 1.54) is 10.4 Å². The van der Waals surface area contributed by atoms with Gasteiger partial charge >= 0.3 is 0 Å². The summed E-state index contributed by atoms with van der Waals surface area (Å²) in [5, 5.41) is 6.04. The first-order valence-electron chi connectivity index (χ1n) is 8.98. The lowest BCUT2D eigenvalue weighted by molar-refractivity contribution is -0.130. The molecule has 1 atom stereocenters. The highest BCUT2D eigenvalue weighted by Gasteiger charge is 2.26. The van der Waals surface area contributed by atoms with E-state index < -0.39 is 0 Å². The van der Waals surface area contributed by atoms with Crippen LogP contribution in [0.2, 0.25) is 0 Å². The van der Waals surface area contributed by atoms with Gasteiger partial charge in [-0.1, -0.05) is 13.8 Å². The molecule has 1 aromatic heterocycles. The van der Waals surface area contributed by atoms with E-state index in [4.69, 9.17) is 0 Å². The van der Waals surface area contributed by atoms with Crippen molar-refractivity contribution in [2.24, 2.45) is 10.9 Å². The molecule has 26 heavy (non-hydrogen) atoms. The Morgan fingerprint density at radius 3 is 2.92 bits per heavy atom. The van der Waals surface area contributed by atoms with Crippen LogP contribution in [-0.4, -0.2) is 65.9 Å². The van der Waals surface area contributed by atoms with E-state index in [1.807, 2.05) is 16.7 Å². The molecule has 2 aliphatic heterocycles. The monoisotopic (exact) mass is 508 g/mol. The SMILES string of the molecule is CN=C(NCC(=O)N1CCc2sccc2C1)N1CCSC(C(C)C)C1.I. The number of amides is 1. The molecule has 0 radical (unpaired) electrons. The Morgan fingerprint density at radius 1 is 1.38 bits per heavy atom. The first-order chi connectivity index (χ1) is 12.1. The fraction of sp³-hybridized carbons (Fsp3) is 0.667. The highest BCUT2D eigenvalue weighted by Crippen LogP contribution is 2.25. The van der Waals surface area contributed by atoms with E-state index in [-0.39, 0.29) is 29.9 Å². The third-order valence-corrected chi connectivity index (χ3v) is 7.47. The molecular formula is C18H29IN4OS2. The minimum atomic E-state index is 0. The average molecular weight is 508 g/mol. The number of thioether (sulfide) groups is 1. The number of thiophene rings is 1. The van der Waals surface area contributed by atoms with Crippen molar-refractivity contribution in [2.45, 2.75) is 32.1 Å². The van der Waals surface area contributed by atoms with Crippen LogP contribution in [0.1, 0.15) is 24.3 Å². The van der Waals surface area contributed by atoms with Crippen molar-refractivity contribution in [1.29, 1.82) is 0 Å². The predicted molar refractivity (Wildman–Crippen MR) is 123 cm³/mol.